The van der Waals surface area contributed by atoms with E-state index in [0.29, 0.717) is 18.1 Å². The quantitative estimate of drug-likeness (QED) is 0.159. The summed E-state index contributed by atoms with van der Waals surface area (Å²) in [5.74, 6) is -0.796. The predicted octanol–water partition coefficient (Wildman–Crippen LogP) is 6.97. The summed E-state index contributed by atoms with van der Waals surface area (Å²) in [5, 5.41) is 0.182. The lowest BCUT2D eigenvalue weighted by molar-refractivity contribution is -0.141. The van der Waals surface area contributed by atoms with E-state index in [1.807, 2.05) is 0 Å². The molecule has 0 amide bonds. The summed E-state index contributed by atoms with van der Waals surface area (Å²) in [5.41, 5.74) is -0.397. The fourth-order valence-electron chi connectivity index (χ4n) is 4.20. The van der Waals surface area contributed by atoms with Gasteiger partial charge in [0.2, 0.25) is 0 Å². The van der Waals surface area contributed by atoms with Gasteiger partial charge in [-0.15, -0.1) is 0 Å². The Balaban J connectivity index is 1.73. The number of halogens is 5. The van der Waals surface area contributed by atoms with E-state index in [-0.39, 0.29) is 41.4 Å². The van der Waals surface area contributed by atoms with Gasteiger partial charge in [-0.1, -0.05) is 35.9 Å². The molecule has 4 rings (SSSR count). The number of methoxy groups -OCH3 is 1. The molecule has 0 saturated heterocycles. The number of benzene rings is 3. The molecule has 0 aliphatic carbocycles. The van der Waals surface area contributed by atoms with Crippen molar-refractivity contribution in [3.05, 3.63) is 88.2 Å². The average molecular weight is 598 g/mol. The third kappa shape index (κ3) is 6.59. The Morgan fingerprint density at radius 3 is 2.58 bits per heavy atom. The maximum absolute atomic E-state index is 14.2. The van der Waals surface area contributed by atoms with Gasteiger partial charge in [0.25, 0.3) is 10.0 Å². The Kier molecular flexibility index (Phi) is 8.74. The number of fused-ring (bicyclic) bond motifs is 1. The van der Waals surface area contributed by atoms with E-state index in [0.717, 1.165) is 22.5 Å². The Morgan fingerprint density at radius 1 is 1.12 bits per heavy atom. The number of carbonyl (C=O) groups excluding carboxylic acids is 1. The van der Waals surface area contributed by atoms with Gasteiger partial charge in [-0.25, -0.2) is 12.8 Å². The lowest BCUT2D eigenvalue weighted by atomic mass is 10.1. The first-order valence-corrected chi connectivity index (χ1v) is 13.9. The molecule has 0 spiro atoms. The number of esters is 1. The molecule has 0 fully saturated rings. The second kappa shape index (κ2) is 11.9. The van der Waals surface area contributed by atoms with Crippen LogP contribution in [0, 0.1) is 5.82 Å². The number of rotatable bonds is 8. The van der Waals surface area contributed by atoms with Crippen molar-refractivity contribution < 1.29 is 40.2 Å². The molecule has 0 aromatic heterocycles. The summed E-state index contributed by atoms with van der Waals surface area (Å²) in [6.07, 6.45) is -1.74. The highest BCUT2D eigenvalue weighted by atomic mass is 35.5. The van der Waals surface area contributed by atoms with Crippen LogP contribution in [0.5, 0.6) is 5.75 Å². The molecule has 1 aliphatic rings. The molecule has 6 nitrogen and oxygen atoms in total. The third-order valence-electron chi connectivity index (χ3n) is 6.24. The molecule has 212 valence electrons. The van der Waals surface area contributed by atoms with Crippen LogP contribution in [0.15, 0.2) is 65.6 Å². The van der Waals surface area contributed by atoms with E-state index in [2.05, 4.69) is 4.74 Å². The summed E-state index contributed by atoms with van der Waals surface area (Å²) < 4.78 is 93.4. The van der Waals surface area contributed by atoms with Crippen LogP contribution in [0.1, 0.15) is 36.0 Å². The van der Waals surface area contributed by atoms with E-state index >= 15 is 0 Å². The van der Waals surface area contributed by atoms with Crippen molar-refractivity contribution in [2.75, 3.05) is 18.0 Å². The maximum atomic E-state index is 14.2. The fraction of sp³-hybridized carbons (Fsp3) is 0.250. The highest BCUT2D eigenvalue weighted by Crippen LogP contribution is 2.40. The summed E-state index contributed by atoms with van der Waals surface area (Å²) in [6, 6.07) is 12.4. The SMILES string of the molecule is COC(=O)CCC[C@H]1CN(S(=O)(=O)c2cccc(C(F)(F)F)c2)c2cc(/C=C/c3c(F)cccc3Cl)ccc2O1. The third-order valence-corrected chi connectivity index (χ3v) is 8.35. The molecule has 1 heterocycles. The predicted molar refractivity (Wildman–Crippen MR) is 143 cm³/mol. The Hall–Kier alpha value is -3.57. The molecule has 0 saturated carbocycles. The average Bonchev–Trinajstić information content (AvgIpc) is 2.91. The Labute approximate surface area is 233 Å². The van der Waals surface area contributed by atoms with Gasteiger partial charge in [-0.2, -0.15) is 13.2 Å². The number of hydrogen-bond acceptors (Lipinski definition) is 5. The molecule has 40 heavy (non-hydrogen) atoms. The van der Waals surface area contributed by atoms with Crippen LogP contribution in [0.25, 0.3) is 12.2 Å². The normalized spacial score (nSPS) is 15.6. The molecule has 12 heteroatoms. The Morgan fingerprint density at radius 2 is 1.88 bits per heavy atom. The first-order valence-electron chi connectivity index (χ1n) is 12.1. The number of anilines is 1. The molecular weight excluding hydrogens is 574 g/mol. The van der Waals surface area contributed by atoms with Gasteiger partial charge in [0.05, 0.1) is 34.8 Å². The minimum atomic E-state index is -4.74. The van der Waals surface area contributed by atoms with E-state index < -0.39 is 44.5 Å². The van der Waals surface area contributed by atoms with Crippen molar-refractivity contribution in [2.45, 2.75) is 36.4 Å². The van der Waals surface area contributed by atoms with Gasteiger partial charge >= 0.3 is 12.1 Å². The van der Waals surface area contributed by atoms with Crippen LogP contribution in [0.4, 0.5) is 23.2 Å². The smallest absolute Gasteiger partial charge is 0.416 e. The number of sulfonamides is 1. The largest absolute Gasteiger partial charge is 0.486 e. The second-order valence-electron chi connectivity index (χ2n) is 8.97. The summed E-state index contributed by atoms with van der Waals surface area (Å²) >= 11 is 6.09. The fourth-order valence-corrected chi connectivity index (χ4v) is 5.97. The van der Waals surface area contributed by atoms with E-state index in [1.54, 1.807) is 6.07 Å². The van der Waals surface area contributed by atoms with Crippen LogP contribution < -0.4 is 9.04 Å². The number of nitrogens with zero attached hydrogens (tertiary/aromatic N) is 1. The van der Waals surface area contributed by atoms with E-state index in [4.69, 9.17) is 16.3 Å². The van der Waals surface area contributed by atoms with Gasteiger partial charge in [0.1, 0.15) is 17.7 Å². The number of ether oxygens (including phenoxy) is 2. The molecule has 0 bridgehead atoms. The van der Waals surface area contributed by atoms with Gasteiger partial charge < -0.3 is 9.47 Å². The minimum Gasteiger partial charge on any atom is -0.486 e. The van der Waals surface area contributed by atoms with Crippen LogP contribution in [0.3, 0.4) is 0 Å². The Bertz CT molecular complexity index is 1520. The van der Waals surface area contributed by atoms with Crippen LogP contribution in [-0.4, -0.2) is 34.1 Å². The van der Waals surface area contributed by atoms with Crippen LogP contribution >= 0.6 is 11.6 Å². The molecule has 3 aromatic rings. The maximum Gasteiger partial charge on any atom is 0.416 e. The van der Waals surface area contributed by atoms with Crippen LogP contribution in [0.2, 0.25) is 5.02 Å². The first kappa shape index (κ1) is 29.4. The zero-order valence-electron chi connectivity index (χ0n) is 21.1. The lowest BCUT2D eigenvalue weighted by Crippen LogP contribution is -2.43. The molecule has 1 atom stereocenters. The van der Waals surface area contributed by atoms with Crippen molar-refractivity contribution in [3.63, 3.8) is 0 Å². The van der Waals surface area contributed by atoms with E-state index in [9.17, 15) is 30.8 Å². The van der Waals surface area contributed by atoms with Crippen molar-refractivity contribution in [2.24, 2.45) is 0 Å². The summed E-state index contributed by atoms with van der Waals surface area (Å²) in [7, 11) is -3.22. The van der Waals surface area contributed by atoms with Crippen molar-refractivity contribution in [3.8, 4) is 5.75 Å². The lowest BCUT2D eigenvalue weighted by Gasteiger charge is -2.36. The van der Waals surface area contributed by atoms with Gasteiger partial charge in [0.15, 0.2) is 0 Å². The van der Waals surface area contributed by atoms with Gasteiger partial charge in [-0.3, -0.25) is 9.10 Å². The topological polar surface area (TPSA) is 72.9 Å². The standard InChI is InChI=1S/C28H24ClF4NO5S/c1-38-27(35)10-3-6-20-17-34(40(36,37)21-7-2-5-19(16-21)28(31,32)33)25-15-18(12-14-26(25)39-20)11-13-22-23(29)8-4-9-24(22)30/h2,4-5,7-9,11-16,20H,3,6,10,17H2,1H3/b13-11+/t20-/m0/s1. The number of carbonyl (C=O) groups is 1. The molecule has 0 N–H and O–H groups in total. The summed E-state index contributed by atoms with van der Waals surface area (Å²) in [6.45, 7) is -0.209. The molecule has 0 unspecified atom stereocenters. The molecule has 3 aromatic carbocycles. The van der Waals surface area contributed by atoms with Crippen molar-refractivity contribution in [1.29, 1.82) is 0 Å². The summed E-state index contributed by atoms with van der Waals surface area (Å²) in [4.78, 5) is 11.0. The monoisotopic (exact) mass is 597 g/mol. The van der Waals surface area contributed by atoms with E-state index in [1.165, 1.54) is 49.6 Å². The zero-order chi connectivity index (χ0) is 29.1. The number of alkyl halides is 3. The molecule has 0 radical (unpaired) electrons. The highest BCUT2D eigenvalue weighted by molar-refractivity contribution is 7.92. The highest BCUT2D eigenvalue weighted by Gasteiger charge is 2.37. The van der Waals surface area contributed by atoms with Crippen molar-refractivity contribution >= 4 is 45.4 Å². The van der Waals surface area contributed by atoms with Crippen molar-refractivity contribution in [1.82, 2.24) is 0 Å². The first-order chi connectivity index (χ1) is 18.9. The molecular formula is C28H24ClF4NO5S. The van der Waals surface area contributed by atoms with Gasteiger partial charge in [0, 0.05) is 12.0 Å². The zero-order valence-corrected chi connectivity index (χ0v) is 22.7. The van der Waals surface area contributed by atoms with Gasteiger partial charge in [-0.05, 0) is 66.9 Å². The second-order valence-corrected chi connectivity index (χ2v) is 11.2. The molecule has 1 aliphatic heterocycles. The number of hydrogen-bond donors (Lipinski definition) is 0. The minimum absolute atomic E-state index is 0.0892. The van der Waals surface area contributed by atoms with Crippen LogP contribution in [-0.2, 0) is 25.7 Å².